The maximum atomic E-state index is 13.1. The quantitative estimate of drug-likeness (QED) is 0.0785. The first-order chi connectivity index (χ1) is 28.2. The molecule has 317 valence electrons. The molecule has 4 aromatic rings. The van der Waals surface area contributed by atoms with E-state index in [1.165, 1.54) is 89.3 Å². The van der Waals surface area contributed by atoms with Gasteiger partial charge < -0.3 is 29.1 Å². The minimum absolute atomic E-state index is 0. The summed E-state index contributed by atoms with van der Waals surface area (Å²) in [5.41, 5.74) is 9.33. The van der Waals surface area contributed by atoms with Gasteiger partial charge in [0.2, 0.25) is 17.8 Å². The van der Waals surface area contributed by atoms with Crippen molar-refractivity contribution in [1.29, 1.82) is 0 Å². The van der Waals surface area contributed by atoms with Crippen molar-refractivity contribution < 1.29 is 76.7 Å². The molecule has 0 spiro atoms. The standard InChI is InChI=1S/C29H29F2N5O2S.C6H13N.C4H6O4.C2H3BO2.Na/c1-2-26(37)33-20-9-6-10-21(16-20)36-23-12-11-18(17-32-19-7-4-3-5-8-19)15-22(23)34-29(36)35-28(38)25-14-13-24(39-25)27(30)31;7-6-4-2-1-3-5-6;1-3(5)7-8-4(2)6;1-2(4)5-3;/h2,6,9-16,19,27,32H,1,3-5,7-8,17H2,(H,33,37)(H,34,35,38);6H,1-5,7H2;1-2H3;1H3;/q;;;-1;+1. The number of aromatic nitrogens is 2. The average molecular weight is 860 g/mol. The van der Waals surface area contributed by atoms with Crippen LogP contribution in [0.1, 0.15) is 112 Å². The molecule has 0 unspecified atom stereocenters. The van der Waals surface area contributed by atoms with Crippen LogP contribution in [0.5, 0.6) is 0 Å². The number of fused-ring (bicyclic) bond motifs is 1. The molecule has 60 heavy (non-hydrogen) atoms. The second-order valence-electron chi connectivity index (χ2n) is 13.7. The molecule has 0 saturated heterocycles. The van der Waals surface area contributed by atoms with Crippen molar-refractivity contribution in [1.82, 2.24) is 14.9 Å². The molecule has 2 aromatic carbocycles. The Morgan fingerprint density at radius 3 is 2.03 bits per heavy atom. The molecular formula is C41H51BF2N6NaO8S. The van der Waals surface area contributed by atoms with E-state index in [4.69, 9.17) is 10.7 Å². The Labute approximate surface area is 376 Å². The van der Waals surface area contributed by atoms with Crippen LogP contribution in [0.25, 0.3) is 16.7 Å². The maximum absolute atomic E-state index is 13.1. The van der Waals surface area contributed by atoms with E-state index in [0.29, 0.717) is 35.5 Å². The van der Waals surface area contributed by atoms with Crippen molar-refractivity contribution in [2.45, 2.75) is 110 Å². The number of hydrogen-bond acceptors (Lipinski definition) is 12. The first-order valence-corrected chi connectivity index (χ1v) is 20.0. The minimum Gasteiger partial charge on any atom is -0.793 e. The number of carbonyl (C=O) groups is 5. The van der Waals surface area contributed by atoms with E-state index in [2.05, 4.69) is 45.0 Å². The normalized spacial score (nSPS) is 13.7. The Kier molecular flexibility index (Phi) is 23.6. The molecule has 2 aromatic heterocycles. The molecule has 2 fully saturated rings. The van der Waals surface area contributed by atoms with E-state index in [1.54, 1.807) is 22.8 Å². The summed E-state index contributed by atoms with van der Waals surface area (Å²) in [5, 5.41) is 9.18. The van der Waals surface area contributed by atoms with Crippen LogP contribution in [-0.4, -0.2) is 59.4 Å². The summed E-state index contributed by atoms with van der Waals surface area (Å²) >= 11 is 0.747. The van der Waals surface area contributed by atoms with Crippen LogP contribution in [0, 0.1) is 0 Å². The monoisotopic (exact) mass is 859 g/mol. The van der Waals surface area contributed by atoms with Crippen molar-refractivity contribution in [3.8, 4) is 5.69 Å². The van der Waals surface area contributed by atoms with Gasteiger partial charge in [-0.1, -0.05) is 57.2 Å². The molecule has 5 N–H and O–H groups in total. The second kappa shape index (κ2) is 27.4. The van der Waals surface area contributed by atoms with Crippen molar-refractivity contribution in [2.24, 2.45) is 5.73 Å². The number of nitrogens with zero attached hydrogens (tertiary/aromatic N) is 2. The van der Waals surface area contributed by atoms with Crippen molar-refractivity contribution in [3.63, 3.8) is 0 Å². The number of alkyl halides is 2. The summed E-state index contributed by atoms with van der Waals surface area (Å²) in [6.45, 7) is 7.72. The Morgan fingerprint density at radius 2 is 1.52 bits per heavy atom. The van der Waals surface area contributed by atoms with Crippen molar-refractivity contribution in [2.75, 3.05) is 10.6 Å². The van der Waals surface area contributed by atoms with E-state index in [1.807, 2.05) is 24.3 Å². The third-order valence-electron chi connectivity index (χ3n) is 8.86. The summed E-state index contributed by atoms with van der Waals surface area (Å²) in [5.74, 6) is -2.38. The Morgan fingerprint density at radius 1 is 0.900 bits per heavy atom. The number of imidazole rings is 1. The van der Waals surface area contributed by atoms with Crippen LogP contribution in [0.15, 0.2) is 67.3 Å². The van der Waals surface area contributed by atoms with Crippen LogP contribution in [0.3, 0.4) is 0 Å². The number of benzene rings is 2. The molecule has 19 heteroatoms. The molecule has 2 heterocycles. The predicted octanol–water partition coefficient (Wildman–Crippen LogP) is 4.77. The first-order valence-electron chi connectivity index (χ1n) is 19.2. The smallest absolute Gasteiger partial charge is 0.793 e. The SMILES string of the molecule is C=CC(=O)Nc1cccc(-n2c(NC(=O)c3ccc(C(F)F)s3)nc3cc(CNC4CCCCC4)ccc32)c1.CC(=O)OOC(C)=O.NC1CCCCC1.[B-]OC(C)=O.[Na+]. The van der Waals surface area contributed by atoms with Crippen molar-refractivity contribution in [3.05, 3.63) is 82.6 Å². The average Bonchev–Trinajstić information content (AvgIpc) is 3.86. The van der Waals surface area contributed by atoms with E-state index < -0.39 is 30.2 Å². The van der Waals surface area contributed by atoms with Gasteiger partial charge in [0.05, 0.1) is 26.5 Å². The van der Waals surface area contributed by atoms with Gasteiger partial charge in [0.15, 0.2) is 0 Å². The molecule has 0 bridgehead atoms. The molecule has 14 nitrogen and oxygen atoms in total. The first kappa shape index (κ1) is 51.7. The summed E-state index contributed by atoms with van der Waals surface area (Å²) < 4.78 is 31.6. The molecular weight excluding hydrogens is 808 g/mol. The van der Waals surface area contributed by atoms with Crippen LogP contribution in [0.4, 0.5) is 20.4 Å². The number of rotatable bonds is 9. The van der Waals surface area contributed by atoms with Crippen LogP contribution < -0.4 is 51.2 Å². The number of nitrogens with two attached hydrogens (primary N) is 1. The fourth-order valence-electron chi connectivity index (χ4n) is 6.07. The van der Waals surface area contributed by atoms with Gasteiger partial charge in [-0.15, -0.1) is 11.3 Å². The van der Waals surface area contributed by atoms with Crippen molar-refractivity contribution >= 4 is 71.8 Å². The predicted molar refractivity (Wildman–Crippen MR) is 223 cm³/mol. The summed E-state index contributed by atoms with van der Waals surface area (Å²) in [6.07, 6.45) is 11.4. The van der Waals surface area contributed by atoms with Gasteiger partial charge in [-0.25, -0.2) is 33.1 Å². The van der Waals surface area contributed by atoms with E-state index in [0.717, 1.165) is 36.3 Å². The number of nitrogens with one attached hydrogen (secondary N) is 3. The number of halogens is 2. The number of thiophene rings is 1. The largest absolute Gasteiger partial charge is 1.00 e. The van der Waals surface area contributed by atoms with Gasteiger partial charge in [0.1, 0.15) is 0 Å². The molecule has 2 aliphatic carbocycles. The van der Waals surface area contributed by atoms with E-state index >= 15 is 0 Å². The van der Waals surface area contributed by atoms with Gasteiger partial charge in [-0.05, 0) is 79.8 Å². The van der Waals surface area contributed by atoms with E-state index in [-0.39, 0.29) is 51.2 Å². The summed E-state index contributed by atoms with van der Waals surface area (Å²) in [4.78, 5) is 66.4. The zero-order valence-corrected chi connectivity index (χ0v) is 37.3. The van der Waals surface area contributed by atoms with Crippen LogP contribution in [-0.2, 0) is 40.2 Å². The fourth-order valence-corrected chi connectivity index (χ4v) is 6.83. The zero-order valence-electron chi connectivity index (χ0n) is 34.5. The molecule has 2 aliphatic rings. The minimum atomic E-state index is -2.64. The van der Waals surface area contributed by atoms with Gasteiger partial charge in [0.25, 0.3) is 12.3 Å². The molecule has 6 rings (SSSR count). The summed E-state index contributed by atoms with van der Waals surface area (Å²) in [6, 6.07) is 16.8. The Balaban J connectivity index is 0.000000485. The van der Waals surface area contributed by atoms with E-state index in [9.17, 15) is 32.8 Å². The van der Waals surface area contributed by atoms with Gasteiger partial charge in [-0.2, -0.15) is 0 Å². The number of amides is 2. The molecule has 0 aliphatic heterocycles. The number of carbonyl (C=O) groups excluding carboxylic acids is 5. The van der Waals surface area contributed by atoms with Gasteiger partial charge >= 0.3 is 41.5 Å². The van der Waals surface area contributed by atoms with Gasteiger partial charge in [0, 0.05) is 45.1 Å². The number of hydrogen-bond donors (Lipinski definition) is 4. The van der Waals surface area contributed by atoms with Gasteiger partial charge in [-0.3, -0.25) is 24.3 Å². The van der Waals surface area contributed by atoms with Crippen LogP contribution >= 0.6 is 11.3 Å². The summed E-state index contributed by atoms with van der Waals surface area (Å²) in [7, 11) is 4.32. The Bertz CT molecular complexity index is 2010. The topological polar surface area (TPSA) is 193 Å². The molecule has 2 saturated carbocycles. The number of anilines is 2. The maximum Gasteiger partial charge on any atom is 1.00 e. The third kappa shape index (κ3) is 18.4. The molecule has 2 amide bonds. The zero-order chi connectivity index (χ0) is 43.3. The molecule has 3 radical (unpaired) electrons. The third-order valence-corrected chi connectivity index (χ3v) is 9.95. The second-order valence-corrected chi connectivity index (χ2v) is 14.8. The van der Waals surface area contributed by atoms with Crippen LogP contribution in [0.2, 0.25) is 0 Å². The molecule has 0 atom stereocenters. The Hall–Kier alpha value is -4.46. The fraction of sp³-hybridized carbons (Fsp3) is 0.415.